The number of amides is 1. The van der Waals surface area contributed by atoms with E-state index in [2.05, 4.69) is 5.32 Å². The Bertz CT molecular complexity index is 775. The SMILES string of the molecule is CCOP(=O)(OCC)[C@@H](Cc1ccc(Cl)cc1)NC(=O)OCc1ccccc1. The molecule has 0 fully saturated rings. The van der Waals surface area contributed by atoms with Crippen molar-refractivity contribution >= 4 is 25.3 Å². The van der Waals surface area contributed by atoms with Gasteiger partial charge in [-0.3, -0.25) is 4.57 Å². The number of benzene rings is 2. The third kappa shape index (κ3) is 6.95. The average Bonchev–Trinajstić information content (AvgIpc) is 2.69. The van der Waals surface area contributed by atoms with E-state index in [1.807, 2.05) is 30.3 Å². The first-order valence-electron chi connectivity index (χ1n) is 9.07. The molecule has 0 spiro atoms. The molecule has 1 amide bonds. The molecule has 0 heterocycles. The number of rotatable bonds is 10. The zero-order valence-electron chi connectivity index (χ0n) is 16.0. The van der Waals surface area contributed by atoms with Gasteiger partial charge >= 0.3 is 13.7 Å². The molecule has 0 unspecified atom stereocenters. The monoisotopic (exact) mass is 425 g/mol. The van der Waals surface area contributed by atoms with Crippen molar-refractivity contribution in [3.8, 4) is 0 Å². The molecule has 2 rings (SSSR count). The zero-order chi connectivity index (χ0) is 20.4. The average molecular weight is 426 g/mol. The lowest BCUT2D eigenvalue weighted by molar-refractivity contribution is 0.134. The molecule has 2 aromatic rings. The maximum absolute atomic E-state index is 13.3. The number of alkyl carbamates (subject to hydrolysis) is 1. The molecule has 0 saturated carbocycles. The Balaban J connectivity index is 2.12. The van der Waals surface area contributed by atoms with E-state index in [1.165, 1.54) is 0 Å². The highest BCUT2D eigenvalue weighted by Crippen LogP contribution is 2.53. The van der Waals surface area contributed by atoms with Crippen LogP contribution < -0.4 is 5.32 Å². The topological polar surface area (TPSA) is 73.9 Å². The molecule has 1 N–H and O–H groups in total. The van der Waals surface area contributed by atoms with Gasteiger partial charge in [0.2, 0.25) is 0 Å². The van der Waals surface area contributed by atoms with Crippen LogP contribution in [0.15, 0.2) is 54.6 Å². The van der Waals surface area contributed by atoms with Crippen molar-refractivity contribution in [1.82, 2.24) is 5.32 Å². The summed E-state index contributed by atoms with van der Waals surface area (Å²) in [6.07, 6.45) is -0.447. The first-order chi connectivity index (χ1) is 13.5. The molecule has 0 aliphatic carbocycles. The number of nitrogens with one attached hydrogen (secondary N) is 1. The van der Waals surface area contributed by atoms with Gasteiger partial charge in [0, 0.05) is 11.4 Å². The van der Waals surface area contributed by atoms with Gasteiger partial charge in [0.15, 0.2) is 0 Å². The molecule has 0 aromatic heterocycles. The van der Waals surface area contributed by atoms with Gasteiger partial charge < -0.3 is 19.1 Å². The van der Waals surface area contributed by atoms with Crippen LogP contribution >= 0.6 is 19.2 Å². The predicted molar refractivity (Wildman–Crippen MR) is 110 cm³/mol. The Hall–Kier alpha value is -1.85. The minimum atomic E-state index is -3.60. The summed E-state index contributed by atoms with van der Waals surface area (Å²) in [5.41, 5.74) is 1.68. The lowest BCUT2D eigenvalue weighted by Crippen LogP contribution is -2.37. The second-order valence-corrected chi connectivity index (χ2v) is 8.58. The largest absolute Gasteiger partial charge is 0.445 e. The number of carbonyl (C=O) groups is 1. The Morgan fingerprint density at radius 2 is 1.61 bits per heavy atom. The van der Waals surface area contributed by atoms with E-state index in [0.717, 1.165) is 11.1 Å². The fourth-order valence-corrected chi connectivity index (χ4v) is 4.54. The number of halogens is 1. The number of hydrogen-bond acceptors (Lipinski definition) is 5. The molecule has 0 radical (unpaired) electrons. The molecular formula is C20H25ClNO5P. The molecule has 0 bridgehead atoms. The second kappa shape index (κ2) is 11.2. The van der Waals surface area contributed by atoms with Crippen LogP contribution in [-0.2, 0) is 31.4 Å². The molecular weight excluding hydrogens is 401 g/mol. The van der Waals surface area contributed by atoms with Crippen molar-refractivity contribution in [1.29, 1.82) is 0 Å². The first-order valence-corrected chi connectivity index (χ1v) is 11.1. The van der Waals surface area contributed by atoms with Crippen molar-refractivity contribution < 1.29 is 23.1 Å². The van der Waals surface area contributed by atoms with Crippen LogP contribution in [0.3, 0.4) is 0 Å². The number of ether oxygens (including phenoxy) is 1. The van der Waals surface area contributed by atoms with Crippen LogP contribution in [0.2, 0.25) is 5.02 Å². The normalized spacial score (nSPS) is 12.4. The summed E-state index contributed by atoms with van der Waals surface area (Å²) in [5.74, 6) is -0.892. The van der Waals surface area contributed by atoms with Gasteiger partial charge in [-0.15, -0.1) is 0 Å². The minimum absolute atomic E-state index is 0.105. The third-order valence-corrected chi connectivity index (χ3v) is 6.40. The van der Waals surface area contributed by atoms with Crippen molar-refractivity contribution in [2.45, 2.75) is 32.7 Å². The molecule has 2 aromatic carbocycles. The van der Waals surface area contributed by atoms with Crippen molar-refractivity contribution in [3.05, 3.63) is 70.7 Å². The van der Waals surface area contributed by atoms with E-state index in [0.29, 0.717) is 5.02 Å². The third-order valence-electron chi connectivity index (χ3n) is 3.84. The van der Waals surface area contributed by atoms with Crippen LogP contribution in [0.25, 0.3) is 0 Å². The zero-order valence-corrected chi connectivity index (χ0v) is 17.6. The summed E-state index contributed by atoms with van der Waals surface area (Å²) >= 11 is 5.93. The van der Waals surface area contributed by atoms with Gasteiger partial charge in [-0.05, 0) is 37.1 Å². The Kier molecular flexibility index (Phi) is 9.00. The summed E-state index contributed by atoms with van der Waals surface area (Å²) in [6.45, 7) is 3.93. The van der Waals surface area contributed by atoms with Gasteiger partial charge in [0.25, 0.3) is 0 Å². The van der Waals surface area contributed by atoms with E-state index in [9.17, 15) is 9.36 Å². The lowest BCUT2D eigenvalue weighted by atomic mass is 10.1. The van der Waals surface area contributed by atoms with Crippen molar-refractivity contribution in [3.63, 3.8) is 0 Å². The highest BCUT2D eigenvalue weighted by molar-refractivity contribution is 7.54. The van der Waals surface area contributed by atoms with Crippen LogP contribution in [0.1, 0.15) is 25.0 Å². The molecule has 0 aliphatic rings. The van der Waals surface area contributed by atoms with Crippen molar-refractivity contribution in [2.24, 2.45) is 0 Å². The highest BCUT2D eigenvalue weighted by atomic mass is 35.5. The number of hydrogen-bond donors (Lipinski definition) is 1. The highest BCUT2D eigenvalue weighted by Gasteiger charge is 2.37. The second-order valence-electron chi connectivity index (χ2n) is 5.93. The van der Waals surface area contributed by atoms with Crippen LogP contribution in [0.5, 0.6) is 0 Å². The molecule has 8 heteroatoms. The van der Waals surface area contributed by atoms with E-state index < -0.39 is 19.5 Å². The number of carbonyl (C=O) groups excluding carboxylic acids is 1. The van der Waals surface area contributed by atoms with Gasteiger partial charge in [-0.1, -0.05) is 54.1 Å². The van der Waals surface area contributed by atoms with E-state index >= 15 is 0 Å². The Morgan fingerprint density at radius 1 is 1.00 bits per heavy atom. The van der Waals surface area contributed by atoms with Crippen LogP contribution in [0, 0.1) is 0 Å². The summed E-state index contributed by atoms with van der Waals surface area (Å²) in [5, 5.41) is 3.24. The molecule has 6 nitrogen and oxygen atoms in total. The van der Waals surface area contributed by atoms with Crippen LogP contribution in [-0.4, -0.2) is 25.1 Å². The summed E-state index contributed by atoms with van der Waals surface area (Å²) < 4.78 is 29.4. The van der Waals surface area contributed by atoms with E-state index in [-0.39, 0.29) is 26.2 Å². The maximum atomic E-state index is 13.3. The molecule has 0 saturated heterocycles. The summed E-state index contributed by atoms with van der Waals surface area (Å²) in [6, 6.07) is 16.4. The molecule has 152 valence electrons. The van der Waals surface area contributed by atoms with Gasteiger partial charge in [0.05, 0.1) is 13.2 Å². The summed E-state index contributed by atoms with van der Waals surface area (Å²) in [4.78, 5) is 12.3. The molecule has 0 aliphatic heterocycles. The van der Waals surface area contributed by atoms with Gasteiger partial charge in [-0.25, -0.2) is 4.79 Å². The molecule has 28 heavy (non-hydrogen) atoms. The van der Waals surface area contributed by atoms with E-state index in [1.54, 1.807) is 38.1 Å². The van der Waals surface area contributed by atoms with Crippen LogP contribution in [0.4, 0.5) is 4.79 Å². The van der Waals surface area contributed by atoms with Crippen molar-refractivity contribution in [2.75, 3.05) is 13.2 Å². The Morgan fingerprint density at radius 3 is 2.18 bits per heavy atom. The predicted octanol–water partition coefficient (Wildman–Crippen LogP) is 5.40. The smallest absolute Gasteiger partial charge is 0.408 e. The van der Waals surface area contributed by atoms with Gasteiger partial charge in [-0.2, -0.15) is 0 Å². The minimum Gasteiger partial charge on any atom is -0.445 e. The Labute approximate surface area is 170 Å². The first kappa shape index (κ1) is 22.4. The fourth-order valence-electron chi connectivity index (χ4n) is 2.56. The van der Waals surface area contributed by atoms with E-state index in [4.69, 9.17) is 25.4 Å². The molecule has 1 atom stereocenters. The fraction of sp³-hybridized carbons (Fsp3) is 0.350. The maximum Gasteiger partial charge on any atom is 0.408 e. The lowest BCUT2D eigenvalue weighted by Gasteiger charge is -2.27. The standard InChI is InChI=1S/C20H25ClNO5P/c1-3-26-28(24,27-4-2)19(14-16-10-12-18(21)13-11-16)22-20(23)25-15-17-8-6-5-7-9-17/h5-13,19H,3-4,14-15H2,1-2H3,(H,22,23)/t19-/m0/s1. The quantitative estimate of drug-likeness (QED) is 0.516. The summed E-state index contributed by atoms with van der Waals surface area (Å²) in [7, 11) is -3.60. The van der Waals surface area contributed by atoms with Gasteiger partial charge in [0.1, 0.15) is 12.4 Å².